The van der Waals surface area contributed by atoms with Crippen molar-refractivity contribution >= 4 is 53.9 Å². The van der Waals surface area contributed by atoms with Gasteiger partial charge in [-0.1, -0.05) is 111 Å². The highest BCUT2D eigenvalue weighted by molar-refractivity contribution is 6.22. The summed E-state index contributed by atoms with van der Waals surface area (Å²) in [6.07, 6.45) is 0. The number of benzene rings is 7. The fraction of sp³-hybridized carbons (Fsp3) is 0.0588. The molecule has 0 aliphatic carbocycles. The highest BCUT2D eigenvalue weighted by Gasteiger charge is 2.15. The van der Waals surface area contributed by atoms with Crippen LogP contribution in [0.4, 0.5) is 0 Å². The molecule has 0 saturated carbocycles. The molecule has 0 bridgehead atoms. The van der Waals surface area contributed by atoms with Gasteiger partial charge in [-0.3, -0.25) is 0 Å². The highest BCUT2D eigenvalue weighted by atomic mass is 14.2. The van der Waals surface area contributed by atoms with Crippen molar-refractivity contribution in [2.24, 2.45) is 0 Å². The summed E-state index contributed by atoms with van der Waals surface area (Å²) in [7, 11) is 0. The lowest BCUT2D eigenvalue weighted by molar-refractivity contribution is 1.50. The lowest BCUT2D eigenvalue weighted by Gasteiger charge is -2.16. The first kappa shape index (κ1) is 20.4. The number of rotatable bonds is 1. The predicted molar refractivity (Wildman–Crippen MR) is 151 cm³/mol. The molecule has 0 nitrogen and oxygen atoms in total. The van der Waals surface area contributed by atoms with Gasteiger partial charge in [0, 0.05) is 0 Å². The van der Waals surface area contributed by atoms with Gasteiger partial charge in [-0.15, -0.1) is 0 Å². The summed E-state index contributed by atoms with van der Waals surface area (Å²) in [5, 5.41) is 12.9. The zero-order chi connectivity index (χ0) is 23.1. The molecule has 0 fully saturated rings. The fourth-order valence-electron chi connectivity index (χ4n) is 5.31. The second-order valence-electron chi connectivity index (χ2n) is 8.58. The zero-order valence-corrected chi connectivity index (χ0v) is 19.5. The van der Waals surface area contributed by atoms with Crippen LogP contribution in [0.1, 0.15) is 13.8 Å². The Morgan fingerprint density at radius 2 is 0.765 bits per heavy atom. The van der Waals surface area contributed by atoms with Crippen molar-refractivity contribution in [3.8, 4) is 11.1 Å². The van der Waals surface area contributed by atoms with Gasteiger partial charge in [0.05, 0.1) is 0 Å². The molecule has 0 atom stereocenters. The van der Waals surface area contributed by atoms with E-state index in [1.165, 1.54) is 65.0 Å². The van der Waals surface area contributed by atoms with E-state index in [1.807, 2.05) is 13.8 Å². The van der Waals surface area contributed by atoms with Gasteiger partial charge in [0.15, 0.2) is 0 Å². The quantitative estimate of drug-likeness (QED) is 0.178. The summed E-state index contributed by atoms with van der Waals surface area (Å²) >= 11 is 0. The summed E-state index contributed by atoms with van der Waals surface area (Å²) in [6.45, 7) is 4.00. The molecule has 0 amide bonds. The van der Waals surface area contributed by atoms with Crippen molar-refractivity contribution in [1.29, 1.82) is 0 Å². The SMILES string of the molecule is CC.c1ccc2cc3c(cc(-c4c5ccccc5cc5ccccc45)c4ccccc43)cc2c1. The van der Waals surface area contributed by atoms with Crippen LogP contribution in [-0.4, -0.2) is 0 Å². The monoisotopic (exact) mass is 434 g/mol. The lowest BCUT2D eigenvalue weighted by Crippen LogP contribution is -1.89. The second-order valence-corrected chi connectivity index (χ2v) is 8.58. The van der Waals surface area contributed by atoms with Crippen molar-refractivity contribution in [2.75, 3.05) is 0 Å². The summed E-state index contributed by atoms with van der Waals surface area (Å²) in [5.41, 5.74) is 2.63. The maximum Gasteiger partial charge on any atom is -0.00204 e. The van der Waals surface area contributed by atoms with E-state index >= 15 is 0 Å². The Kier molecular flexibility index (Phi) is 5.00. The van der Waals surface area contributed by atoms with E-state index in [2.05, 4.69) is 121 Å². The van der Waals surface area contributed by atoms with Gasteiger partial charge in [0.25, 0.3) is 0 Å². The summed E-state index contributed by atoms with van der Waals surface area (Å²) in [5.74, 6) is 0. The molecule has 0 saturated heterocycles. The average molecular weight is 435 g/mol. The number of hydrogen-bond donors (Lipinski definition) is 0. The van der Waals surface area contributed by atoms with Crippen LogP contribution in [-0.2, 0) is 0 Å². The maximum absolute atomic E-state index is 2.40. The molecule has 0 spiro atoms. The molecule has 7 aromatic rings. The Bertz CT molecular complexity index is 1770. The third-order valence-electron chi connectivity index (χ3n) is 6.77. The second kappa shape index (κ2) is 8.32. The predicted octanol–water partition coefficient (Wildman–Crippen LogP) is 10.1. The smallest absolute Gasteiger partial charge is 0.00204 e. The molecule has 7 rings (SSSR count). The normalized spacial score (nSPS) is 11.2. The van der Waals surface area contributed by atoms with Gasteiger partial charge in [-0.25, -0.2) is 0 Å². The van der Waals surface area contributed by atoms with E-state index in [9.17, 15) is 0 Å². The Labute approximate surface area is 200 Å². The van der Waals surface area contributed by atoms with Crippen LogP contribution in [0.25, 0.3) is 65.0 Å². The van der Waals surface area contributed by atoms with Crippen LogP contribution in [0, 0.1) is 0 Å². The summed E-state index contributed by atoms with van der Waals surface area (Å²) in [6, 6.07) is 44.4. The van der Waals surface area contributed by atoms with Crippen molar-refractivity contribution < 1.29 is 0 Å². The third kappa shape index (κ3) is 3.15. The first-order valence-corrected chi connectivity index (χ1v) is 12.1. The van der Waals surface area contributed by atoms with E-state index in [0.29, 0.717) is 0 Å². The van der Waals surface area contributed by atoms with Gasteiger partial charge >= 0.3 is 0 Å². The molecule has 162 valence electrons. The highest BCUT2D eigenvalue weighted by Crippen LogP contribution is 2.42. The van der Waals surface area contributed by atoms with E-state index < -0.39 is 0 Å². The third-order valence-corrected chi connectivity index (χ3v) is 6.77. The van der Waals surface area contributed by atoms with Crippen LogP contribution in [0.15, 0.2) is 121 Å². The lowest BCUT2D eigenvalue weighted by atomic mass is 9.87. The number of hydrogen-bond acceptors (Lipinski definition) is 0. The molecule has 0 aliphatic rings. The minimum absolute atomic E-state index is 1.28. The van der Waals surface area contributed by atoms with Gasteiger partial charge in [0.2, 0.25) is 0 Å². The van der Waals surface area contributed by atoms with Crippen LogP contribution >= 0.6 is 0 Å². The van der Waals surface area contributed by atoms with Crippen LogP contribution in [0.2, 0.25) is 0 Å². The average Bonchev–Trinajstić information content (AvgIpc) is 2.91. The standard InChI is InChI=1S/C32H20.C2H6/c1-2-10-22-19-30-25(17-21(22)9-1)20-31(29-16-8-7-15-28(29)30)32-26-13-5-3-11-23(26)18-24-12-4-6-14-27(24)32;1-2/h1-20H;1-2H3. The van der Waals surface area contributed by atoms with Gasteiger partial charge in [-0.05, 0) is 89.3 Å². The van der Waals surface area contributed by atoms with Crippen LogP contribution in [0.5, 0.6) is 0 Å². The number of fused-ring (bicyclic) bond motifs is 6. The van der Waals surface area contributed by atoms with E-state index in [-0.39, 0.29) is 0 Å². The molecule has 0 heterocycles. The van der Waals surface area contributed by atoms with E-state index in [0.717, 1.165) is 0 Å². The van der Waals surface area contributed by atoms with E-state index in [1.54, 1.807) is 0 Å². The van der Waals surface area contributed by atoms with Gasteiger partial charge < -0.3 is 0 Å². The molecule has 0 radical (unpaired) electrons. The summed E-state index contributed by atoms with van der Waals surface area (Å²) < 4.78 is 0. The molecule has 0 unspecified atom stereocenters. The Hall–Kier alpha value is -4.16. The molecular weight excluding hydrogens is 408 g/mol. The molecule has 0 N–H and O–H groups in total. The largest absolute Gasteiger partial charge is 0.0683 e. The van der Waals surface area contributed by atoms with Crippen molar-refractivity contribution in [3.05, 3.63) is 121 Å². The van der Waals surface area contributed by atoms with Crippen molar-refractivity contribution in [3.63, 3.8) is 0 Å². The molecule has 0 aliphatic heterocycles. The fourth-order valence-corrected chi connectivity index (χ4v) is 5.31. The molecule has 34 heavy (non-hydrogen) atoms. The summed E-state index contributed by atoms with van der Waals surface area (Å²) in [4.78, 5) is 0. The Morgan fingerprint density at radius 1 is 0.324 bits per heavy atom. The minimum Gasteiger partial charge on any atom is -0.0683 e. The van der Waals surface area contributed by atoms with Crippen molar-refractivity contribution in [2.45, 2.75) is 13.8 Å². The van der Waals surface area contributed by atoms with E-state index in [4.69, 9.17) is 0 Å². The van der Waals surface area contributed by atoms with Gasteiger partial charge in [-0.2, -0.15) is 0 Å². The molecule has 0 aromatic heterocycles. The first-order valence-electron chi connectivity index (χ1n) is 12.1. The maximum atomic E-state index is 2.40. The zero-order valence-electron chi connectivity index (χ0n) is 19.5. The molecular formula is C34H26. The Morgan fingerprint density at radius 3 is 1.38 bits per heavy atom. The topological polar surface area (TPSA) is 0 Å². The molecule has 0 heteroatoms. The van der Waals surface area contributed by atoms with Crippen LogP contribution < -0.4 is 0 Å². The van der Waals surface area contributed by atoms with Gasteiger partial charge in [0.1, 0.15) is 0 Å². The van der Waals surface area contributed by atoms with Crippen LogP contribution in [0.3, 0.4) is 0 Å². The Balaban J connectivity index is 0.00000106. The van der Waals surface area contributed by atoms with Crippen molar-refractivity contribution in [1.82, 2.24) is 0 Å². The first-order chi connectivity index (χ1) is 16.9. The molecule has 7 aromatic carbocycles. The minimum atomic E-state index is 1.28.